The van der Waals surface area contributed by atoms with Crippen LogP contribution in [0, 0.1) is 11.3 Å². The molecule has 0 radical (unpaired) electrons. The monoisotopic (exact) mass is 255 g/mol. The van der Waals surface area contributed by atoms with Crippen LogP contribution in [-0.2, 0) is 14.3 Å². The molecule has 0 aromatic carbocycles. The van der Waals surface area contributed by atoms with Crippen molar-refractivity contribution in [1.82, 2.24) is 0 Å². The van der Waals surface area contributed by atoms with Gasteiger partial charge in [0.25, 0.3) is 0 Å². The summed E-state index contributed by atoms with van der Waals surface area (Å²) in [6.07, 6.45) is 3.52. The normalized spacial score (nSPS) is 28.3. The van der Waals surface area contributed by atoms with Crippen molar-refractivity contribution in [3.63, 3.8) is 0 Å². The number of Topliss-reactive ketones (excluding diaryl/α,β-unsaturated/α-hetero) is 1. The van der Waals surface area contributed by atoms with Gasteiger partial charge in [0, 0.05) is 37.7 Å². The molecule has 4 nitrogen and oxygen atoms in total. The maximum atomic E-state index is 12.5. The smallest absolute Gasteiger partial charge is 0.143 e. The molecule has 0 bridgehead atoms. The van der Waals surface area contributed by atoms with Crippen LogP contribution in [0.25, 0.3) is 0 Å². The van der Waals surface area contributed by atoms with Gasteiger partial charge in [0.05, 0.1) is 5.60 Å². The van der Waals surface area contributed by atoms with E-state index in [1.165, 1.54) is 0 Å². The van der Waals surface area contributed by atoms with Crippen LogP contribution in [0.2, 0.25) is 0 Å². The van der Waals surface area contributed by atoms with Gasteiger partial charge in [-0.15, -0.1) is 0 Å². The lowest BCUT2D eigenvalue weighted by molar-refractivity contribution is -0.161. The van der Waals surface area contributed by atoms with Crippen LogP contribution in [0.1, 0.15) is 39.5 Å². The summed E-state index contributed by atoms with van der Waals surface area (Å²) < 4.78 is 11.4. The Morgan fingerprint density at radius 1 is 1.33 bits per heavy atom. The fraction of sp³-hybridized carbons (Fsp3) is 0.929. The fourth-order valence-electron chi connectivity index (χ4n) is 3.00. The van der Waals surface area contributed by atoms with E-state index < -0.39 is 5.41 Å². The van der Waals surface area contributed by atoms with Crippen LogP contribution < -0.4 is 5.73 Å². The number of hydrogen-bond donors (Lipinski definition) is 1. The maximum Gasteiger partial charge on any atom is 0.143 e. The van der Waals surface area contributed by atoms with Gasteiger partial charge < -0.3 is 15.2 Å². The maximum absolute atomic E-state index is 12.5. The predicted octanol–water partition coefficient (Wildman–Crippen LogP) is 1.52. The van der Waals surface area contributed by atoms with E-state index in [0.717, 1.165) is 38.9 Å². The Hall–Kier alpha value is -0.450. The van der Waals surface area contributed by atoms with Crippen molar-refractivity contribution in [3.8, 4) is 0 Å². The van der Waals surface area contributed by atoms with Gasteiger partial charge in [-0.25, -0.2) is 0 Å². The minimum Gasteiger partial charge on any atom is -0.381 e. The molecule has 1 spiro atoms. The quantitative estimate of drug-likeness (QED) is 0.830. The third-order valence-electron chi connectivity index (χ3n) is 4.45. The van der Waals surface area contributed by atoms with E-state index in [2.05, 4.69) is 0 Å². The van der Waals surface area contributed by atoms with Gasteiger partial charge >= 0.3 is 0 Å². The first-order valence-electron chi connectivity index (χ1n) is 6.95. The first-order chi connectivity index (χ1) is 8.49. The molecule has 2 aliphatic heterocycles. The molecule has 1 atom stereocenters. The van der Waals surface area contributed by atoms with Gasteiger partial charge in [0.2, 0.25) is 0 Å². The minimum atomic E-state index is -0.408. The summed E-state index contributed by atoms with van der Waals surface area (Å²) in [5.41, 5.74) is 5.19. The molecule has 0 aromatic rings. The summed E-state index contributed by atoms with van der Waals surface area (Å²) in [4.78, 5) is 12.5. The Balaban J connectivity index is 2.04. The summed E-state index contributed by atoms with van der Waals surface area (Å²) >= 11 is 0. The summed E-state index contributed by atoms with van der Waals surface area (Å²) in [6, 6.07) is 0. The Bertz CT molecular complexity index is 303. The van der Waals surface area contributed by atoms with Gasteiger partial charge in [0.1, 0.15) is 5.78 Å². The summed E-state index contributed by atoms with van der Waals surface area (Å²) in [6.45, 7) is 6.50. The molecule has 0 aliphatic carbocycles. The molecular formula is C14H25NO3. The van der Waals surface area contributed by atoms with E-state index in [4.69, 9.17) is 15.2 Å². The average molecular weight is 255 g/mol. The van der Waals surface area contributed by atoms with E-state index >= 15 is 0 Å². The molecule has 18 heavy (non-hydrogen) atoms. The summed E-state index contributed by atoms with van der Waals surface area (Å²) in [5.74, 6) is 0.412. The van der Waals surface area contributed by atoms with Crippen LogP contribution in [-0.4, -0.2) is 37.7 Å². The molecule has 104 valence electrons. The first kappa shape index (κ1) is 14.0. The number of carbonyl (C=O) groups is 1. The minimum absolute atomic E-state index is 0.107. The summed E-state index contributed by atoms with van der Waals surface area (Å²) in [7, 11) is 0. The lowest BCUT2D eigenvalue weighted by Gasteiger charge is -2.44. The van der Waals surface area contributed by atoms with E-state index in [1.54, 1.807) is 0 Å². The third kappa shape index (κ3) is 2.76. The van der Waals surface area contributed by atoms with Crippen molar-refractivity contribution in [2.24, 2.45) is 17.1 Å². The van der Waals surface area contributed by atoms with Crippen molar-refractivity contribution in [2.75, 3.05) is 26.4 Å². The molecule has 0 aromatic heterocycles. The number of hydrogen-bond acceptors (Lipinski definition) is 4. The fourth-order valence-corrected chi connectivity index (χ4v) is 3.00. The molecule has 2 fully saturated rings. The highest BCUT2D eigenvalue weighted by Crippen LogP contribution is 2.39. The van der Waals surface area contributed by atoms with Crippen molar-refractivity contribution in [3.05, 3.63) is 0 Å². The number of ketones is 1. The number of nitrogens with two attached hydrogens (primary N) is 1. The van der Waals surface area contributed by atoms with Gasteiger partial charge in [0.15, 0.2) is 0 Å². The van der Waals surface area contributed by atoms with E-state index in [1.807, 2.05) is 13.8 Å². The molecule has 1 unspecified atom stereocenters. The second-order valence-corrected chi connectivity index (χ2v) is 6.29. The lowest BCUT2D eigenvalue weighted by atomic mass is 9.72. The average Bonchev–Trinajstić information content (AvgIpc) is 2.39. The zero-order valence-electron chi connectivity index (χ0n) is 11.5. The first-order valence-corrected chi connectivity index (χ1v) is 6.95. The van der Waals surface area contributed by atoms with Gasteiger partial charge in [-0.1, -0.05) is 13.8 Å². The highest BCUT2D eigenvalue weighted by atomic mass is 16.5. The van der Waals surface area contributed by atoms with Crippen LogP contribution in [0.5, 0.6) is 0 Å². The number of ether oxygens (including phenoxy) is 2. The van der Waals surface area contributed by atoms with Crippen LogP contribution in [0.3, 0.4) is 0 Å². The Labute approximate surface area is 109 Å². The van der Waals surface area contributed by atoms with Crippen LogP contribution in [0.4, 0.5) is 0 Å². The topological polar surface area (TPSA) is 61.6 Å². The lowest BCUT2D eigenvalue weighted by Crippen LogP contribution is -2.48. The van der Waals surface area contributed by atoms with Crippen molar-refractivity contribution in [1.29, 1.82) is 0 Å². The second kappa shape index (κ2) is 5.27. The molecule has 2 heterocycles. The molecule has 0 amide bonds. The molecule has 2 N–H and O–H groups in total. The van der Waals surface area contributed by atoms with Crippen molar-refractivity contribution in [2.45, 2.75) is 45.1 Å². The zero-order chi connectivity index (χ0) is 13.2. The summed E-state index contributed by atoms with van der Waals surface area (Å²) in [5, 5.41) is 0. The molecule has 2 aliphatic rings. The standard InChI is InChI=1S/C14H25NO3/c1-13(2,10-15)12(16)11-3-6-18-14(9-11)4-7-17-8-5-14/h11H,3-10,15H2,1-2H3. The second-order valence-electron chi connectivity index (χ2n) is 6.29. The van der Waals surface area contributed by atoms with E-state index in [0.29, 0.717) is 18.9 Å². The molecule has 0 saturated carbocycles. The van der Waals surface area contributed by atoms with Gasteiger partial charge in [-0.3, -0.25) is 4.79 Å². The van der Waals surface area contributed by atoms with Crippen molar-refractivity contribution >= 4 is 5.78 Å². The highest BCUT2D eigenvalue weighted by molar-refractivity contribution is 5.86. The van der Waals surface area contributed by atoms with E-state index in [9.17, 15) is 4.79 Å². The van der Waals surface area contributed by atoms with Gasteiger partial charge in [-0.05, 0) is 25.7 Å². The Morgan fingerprint density at radius 3 is 2.61 bits per heavy atom. The van der Waals surface area contributed by atoms with Crippen molar-refractivity contribution < 1.29 is 14.3 Å². The van der Waals surface area contributed by atoms with Crippen LogP contribution in [0.15, 0.2) is 0 Å². The van der Waals surface area contributed by atoms with Gasteiger partial charge in [-0.2, -0.15) is 0 Å². The molecule has 2 saturated heterocycles. The molecule has 2 rings (SSSR count). The Kier molecular flexibility index (Phi) is 4.09. The number of carbonyl (C=O) groups excluding carboxylic acids is 1. The Morgan fingerprint density at radius 2 is 2.00 bits per heavy atom. The van der Waals surface area contributed by atoms with E-state index in [-0.39, 0.29) is 11.5 Å². The SMILES string of the molecule is CC(C)(CN)C(=O)C1CCOC2(CCOCC2)C1. The largest absolute Gasteiger partial charge is 0.381 e. The highest BCUT2D eigenvalue weighted by Gasteiger charge is 2.43. The number of rotatable bonds is 3. The molecular weight excluding hydrogens is 230 g/mol. The zero-order valence-corrected chi connectivity index (χ0v) is 11.5. The van der Waals surface area contributed by atoms with Crippen LogP contribution >= 0.6 is 0 Å². The predicted molar refractivity (Wildman–Crippen MR) is 69.3 cm³/mol. The molecule has 4 heteroatoms. The third-order valence-corrected chi connectivity index (χ3v) is 4.45.